The van der Waals surface area contributed by atoms with Gasteiger partial charge in [0.2, 0.25) is 0 Å². The summed E-state index contributed by atoms with van der Waals surface area (Å²) in [6.07, 6.45) is 1.91. The van der Waals surface area contributed by atoms with Crippen LogP contribution in [0.5, 0.6) is 11.5 Å². The normalized spacial score (nSPS) is 14.7. The molecule has 4 nitrogen and oxygen atoms in total. The molecule has 0 fully saturated rings. The van der Waals surface area contributed by atoms with Crippen molar-refractivity contribution in [1.29, 1.82) is 0 Å². The minimum absolute atomic E-state index is 0.303. The predicted octanol–water partition coefficient (Wildman–Crippen LogP) is 5.88. The topological polar surface area (TPSA) is 44.8 Å². The van der Waals surface area contributed by atoms with Crippen molar-refractivity contribution < 1.29 is 19.0 Å². The van der Waals surface area contributed by atoms with E-state index in [0.717, 1.165) is 26.9 Å². The molecule has 0 radical (unpaired) electrons. The van der Waals surface area contributed by atoms with E-state index in [1.54, 1.807) is 14.2 Å². The number of rotatable bonds is 7. The Morgan fingerprint density at radius 2 is 1.23 bits per heavy atom. The van der Waals surface area contributed by atoms with Gasteiger partial charge in [-0.25, -0.2) is 4.79 Å². The second kappa shape index (κ2) is 8.90. The van der Waals surface area contributed by atoms with Crippen LogP contribution in [-0.2, 0) is 9.53 Å². The molecule has 0 saturated carbocycles. The van der Waals surface area contributed by atoms with Crippen LogP contribution in [0, 0.1) is 0 Å². The van der Waals surface area contributed by atoms with Gasteiger partial charge in [0.05, 0.1) is 14.2 Å². The fourth-order valence-corrected chi connectivity index (χ4v) is 5.55. The van der Waals surface area contributed by atoms with Gasteiger partial charge in [0.15, 0.2) is 4.08 Å². The van der Waals surface area contributed by atoms with Crippen molar-refractivity contribution in [1.82, 2.24) is 0 Å². The van der Waals surface area contributed by atoms with Crippen molar-refractivity contribution in [3.8, 4) is 11.5 Å². The summed E-state index contributed by atoms with van der Waals surface area (Å²) in [5.74, 6) is 1.81. The lowest BCUT2D eigenvalue weighted by molar-refractivity contribution is -0.134. The maximum absolute atomic E-state index is 13.2. The fourth-order valence-electron chi connectivity index (χ4n) is 2.98. The molecule has 1 heterocycles. The Hall–Kier alpha value is -2.83. The lowest BCUT2D eigenvalue weighted by atomic mass is 10.2. The van der Waals surface area contributed by atoms with E-state index in [1.807, 2.05) is 84.9 Å². The molecule has 0 amide bonds. The summed E-state index contributed by atoms with van der Waals surface area (Å²) in [5.41, 5.74) is 0.874. The van der Waals surface area contributed by atoms with Crippen LogP contribution in [0.15, 0.2) is 94.7 Å². The minimum atomic E-state index is -0.950. The van der Waals surface area contributed by atoms with Gasteiger partial charge in [-0.2, -0.15) is 0 Å². The van der Waals surface area contributed by atoms with Crippen molar-refractivity contribution in [3.63, 3.8) is 0 Å². The molecule has 0 aliphatic carbocycles. The van der Waals surface area contributed by atoms with Gasteiger partial charge in [-0.15, -0.1) is 0 Å². The van der Waals surface area contributed by atoms with Crippen molar-refractivity contribution in [3.05, 3.63) is 90.5 Å². The second-order valence-corrected chi connectivity index (χ2v) is 9.38. The van der Waals surface area contributed by atoms with Gasteiger partial charge in [0.25, 0.3) is 0 Å². The van der Waals surface area contributed by atoms with E-state index in [0.29, 0.717) is 5.76 Å². The minimum Gasteiger partial charge on any atom is -0.497 e. The average molecular weight is 437 g/mol. The number of hydrogen-bond acceptors (Lipinski definition) is 6. The first kappa shape index (κ1) is 20.4. The smallest absolute Gasteiger partial charge is 0.342 e. The monoisotopic (exact) mass is 436 g/mol. The molecule has 0 aromatic heterocycles. The molecule has 1 aliphatic heterocycles. The Balaban J connectivity index is 1.71. The van der Waals surface area contributed by atoms with Gasteiger partial charge in [-0.1, -0.05) is 53.9 Å². The number of methoxy groups -OCH3 is 2. The summed E-state index contributed by atoms with van der Waals surface area (Å²) in [5, 5.41) is 0. The Kier molecular flexibility index (Phi) is 6.06. The van der Waals surface area contributed by atoms with Crippen LogP contribution in [0.25, 0.3) is 5.76 Å². The third kappa shape index (κ3) is 4.35. The van der Waals surface area contributed by atoms with Gasteiger partial charge in [-0.05, 0) is 54.6 Å². The van der Waals surface area contributed by atoms with Gasteiger partial charge < -0.3 is 14.2 Å². The van der Waals surface area contributed by atoms with Crippen LogP contribution in [-0.4, -0.2) is 24.3 Å². The number of thioether (sulfide) groups is 2. The summed E-state index contributed by atoms with van der Waals surface area (Å²) < 4.78 is 15.3. The molecule has 0 bridgehead atoms. The van der Waals surface area contributed by atoms with Crippen LogP contribution in [0.4, 0.5) is 0 Å². The summed E-state index contributed by atoms with van der Waals surface area (Å²) >= 11 is 2.91. The molecule has 0 unspecified atom stereocenters. The zero-order valence-electron chi connectivity index (χ0n) is 16.5. The van der Waals surface area contributed by atoms with Crippen molar-refractivity contribution in [2.75, 3.05) is 14.2 Å². The molecule has 4 rings (SSSR count). The number of carbonyl (C=O) groups is 1. The highest BCUT2D eigenvalue weighted by molar-refractivity contribution is 8.19. The molecular formula is C24H20O4S2. The quantitative estimate of drug-likeness (QED) is 0.340. The van der Waals surface area contributed by atoms with E-state index in [-0.39, 0.29) is 5.97 Å². The maximum Gasteiger partial charge on any atom is 0.342 e. The van der Waals surface area contributed by atoms with Crippen LogP contribution in [0.1, 0.15) is 5.56 Å². The zero-order valence-corrected chi connectivity index (χ0v) is 18.2. The van der Waals surface area contributed by atoms with E-state index >= 15 is 0 Å². The molecular weight excluding hydrogens is 416 g/mol. The van der Waals surface area contributed by atoms with Crippen molar-refractivity contribution in [2.24, 2.45) is 0 Å². The molecule has 30 heavy (non-hydrogen) atoms. The second-order valence-electron chi connectivity index (χ2n) is 6.49. The van der Waals surface area contributed by atoms with Crippen LogP contribution >= 0.6 is 23.5 Å². The first-order chi connectivity index (χ1) is 14.6. The van der Waals surface area contributed by atoms with E-state index in [9.17, 15) is 4.79 Å². The SMILES string of the molecule is COc1ccc(SC2(Sc3ccc(OC)cc3)C=C(c3ccccc3)OC2=O)cc1. The van der Waals surface area contributed by atoms with Crippen molar-refractivity contribution >= 4 is 35.3 Å². The van der Waals surface area contributed by atoms with Gasteiger partial charge in [0, 0.05) is 15.4 Å². The number of benzene rings is 3. The highest BCUT2D eigenvalue weighted by atomic mass is 32.2. The number of ether oxygens (including phenoxy) is 3. The molecule has 0 saturated heterocycles. The largest absolute Gasteiger partial charge is 0.497 e. The lowest BCUT2D eigenvalue weighted by Crippen LogP contribution is -2.25. The molecule has 0 atom stereocenters. The highest BCUT2D eigenvalue weighted by Crippen LogP contribution is 2.52. The van der Waals surface area contributed by atoms with E-state index in [2.05, 4.69) is 0 Å². The zero-order chi connectivity index (χ0) is 21.0. The summed E-state index contributed by atoms with van der Waals surface area (Å²) in [4.78, 5) is 15.1. The standard InChI is InChI=1S/C24H20O4S2/c1-26-18-8-12-20(13-9-18)29-24(30-21-14-10-19(27-2)11-15-21)16-22(28-23(24)25)17-6-4-3-5-7-17/h3-16H,1-2H3. The number of hydrogen-bond donors (Lipinski definition) is 0. The number of carbonyl (C=O) groups excluding carboxylic acids is 1. The summed E-state index contributed by atoms with van der Waals surface area (Å²) in [6.45, 7) is 0. The molecule has 0 spiro atoms. The van der Waals surface area contributed by atoms with E-state index < -0.39 is 4.08 Å². The Morgan fingerprint density at radius 3 is 1.70 bits per heavy atom. The van der Waals surface area contributed by atoms with E-state index in [4.69, 9.17) is 14.2 Å². The Labute approximate surface area is 184 Å². The number of cyclic esters (lactones) is 1. The molecule has 152 valence electrons. The summed E-state index contributed by atoms with van der Waals surface area (Å²) in [7, 11) is 3.26. The summed E-state index contributed by atoms with van der Waals surface area (Å²) in [6, 6.07) is 25.0. The molecule has 6 heteroatoms. The van der Waals surface area contributed by atoms with E-state index in [1.165, 1.54) is 23.5 Å². The maximum atomic E-state index is 13.2. The Bertz CT molecular complexity index is 995. The lowest BCUT2D eigenvalue weighted by Gasteiger charge is -2.22. The third-order valence-electron chi connectivity index (χ3n) is 4.52. The Morgan fingerprint density at radius 1 is 0.733 bits per heavy atom. The molecule has 3 aromatic rings. The number of esters is 1. The first-order valence-corrected chi connectivity index (χ1v) is 10.9. The van der Waals surface area contributed by atoms with Gasteiger partial charge in [-0.3, -0.25) is 0 Å². The average Bonchev–Trinajstić information content (AvgIpc) is 3.11. The molecule has 3 aromatic carbocycles. The highest BCUT2D eigenvalue weighted by Gasteiger charge is 2.46. The van der Waals surface area contributed by atoms with Crippen LogP contribution in [0.2, 0.25) is 0 Å². The third-order valence-corrected chi connectivity index (χ3v) is 7.22. The van der Waals surface area contributed by atoms with Crippen molar-refractivity contribution in [2.45, 2.75) is 13.9 Å². The van der Waals surface area contributed by atoms with Gasteiger partial charge >= 0.3 is 5.97 Å². The predicted molar refractivity (Wildman–Crippen MR) is 121 cm³/mol. The van der Waals surface area contributed by atoms with Crippen LogP contribution in [0.3, 0.4) is 0 Å². The fraction of sp³-hybridized carbons (Fsp3) is 0.125. The van der Waals surface area contributed by atoms with Gasteiger partial charge in [0.1, 0.15) is 17.3 Å². The first-order valence-electron chi connectivity index (χ1n) is 9.28. The van der Waals surface area contributed by atoms with Crippen LogP contribution < -0.4 is 9.47 Å². The molecule has 0 N–H and O–H groups in total. The molecule has 1 aliphatic rings.